The summed E-state index contributed by atoms with van der Waals surface area (Å²) in [4.78, 5) is 2.63. The summed E-state index contributed by atoms with van der Waals surface area (Å²) >= 11 is 0. The highest BCUT2D eigenvalue weighted by Gasteiger charge is 2.24. The molecule has 1 saturated heterocycles. The molecule has 1 aromatic rings. The van der Waals surface area contributed by atoms with E-state index in [0.717, 1.165) is 25.0 Å². The molecule has 18 heavy (non-hydrogen) atoms. The van der Waals surface area contributed by atoms with Crippen LogP contribution in [0.1, 0.15) is 51.1 Å². The van der Waals surface area contributed by atoms with Crippen LogP contribution in [0.5, 0.6) is 0 Å². The Labute approximate surface area is 111 Å². The van der Waals surface area contributed by atoms with Gasteiger partial charge in [-0.25, -0.2) is 0 Å². The van der Waals surface area contributed by atoms with Gasteiger partial charge in [0.1, 0.15) is 0 Å². The Kier molecular flexibility index (Phi) is 4.79. The molecular formula is C16H26N2. The number of benzene rings is 1. The topological polar surface area (TPSA) is 29.3 Å². The van der Waals surface area contributed by atoms with Crippen LogP contribution in [-0.2, 0) is 0 Å². The molecule has 3 unspecified atom stereocenters. The maximum absolute atomic E-state index is 6.28. The van der Waals surface area contributed by atoms with Gasteiger partial charge in [0.15, 0.2) is 0 Å². The van der Waals surface area contributed by atoms with Gasteiger partial charge in [0.25, 0.3) is 0 Å². The van der Waals surface area contributed by atoms with Gasteiger partial charge >= 0.3 is 0 Å². The fourth-order valence-corrected chi connectivity index (χ4v) is 3.07. The Morgan fingerprint density at radius 2 is 1.78 bits per heavy atom. The Morgan fingerprint density at radius 1 is 1.17 bits per heavy atom. The molecule has 1 fully saturated rings. The predicted octanol–water partition coefficient (Wildman–Crippen LogP) is 3.34. The standard InChI is InChI=1S/C16H26N2/c1-13-7-6-8-14(2)18(13)12-11-16(17)15-9-4-3-5-10-15/h3-5,9-10,13-14,16H,6-8,11-12,17H2,1-2H3. The highest BCUT2D eigenvalue weighted by atomic mass is 15.2. The van der Waals surface area contributed by atoms with Gasteiger partial charge in [-0.15, -0.1) is 0 Å². The Hall–Kier alpha value is -0.860. The number of likely N-dealkylation sites (tertiary alicyclic amines) is 1. The van der Waals surface area contributed by atoms with Crippen molar-refractivity contribution in [2.45, 2.75) is 57.7 Å². The molecule has 1 aromatic carbocycles. The van der Waals surface area contributed by atoms with Crippen molar-refractivity contribution in [2.24, 2.45) is 5.73 Å². The van der Waals surface area contributed by atoms with E-state index >= 15 is 0 Å². The summed E-state index contributed by atoms with van der Waals surface area (Å²) in [5.41, 5.74) is 7.54. The lowest BCUT2D eigenvalue weighted by molar-refractivity contribution is 0.0997. The highest BCUT2D eigenvalue weighted by molar-refractivity contribution is 5.18. The van der Waals surface area contributed by atoms with Crippen LogP contribution in [0.3, 0.4) is 0 Å². The fourth-order valence-electron chi connectivity index (χ4n) is 3.07. The van der Waals surface area contributed by atoms with Crippen LogP contribution < -0.4 is 5.73 Å². The van der Waals surface area contributed by atoms with Crippen LogP contribution >= 0.6 is 0 Å². The van der Waals surface area contributed by atoms with Crippen molar-refractivity contribution in [1.82, 2.24) is 4.90 Å². The minimum Gasteiger partial charge on any atom is -0.324 e. The van der Waals surface area contributed by atoms with Crippen LogP contribution in [0.4, 0.5) is 0 Å². The van der Waals surface area contributed by atoms with Gasteiger partial charge in [-0.2, -0.15) is 0 Å². The van der Waals surface area contributed by atoms with E-state index in [1.807, 2.05) is 6.07 Å². The first-order valence-electron chi connectivity index (χ1n) is 7.24. The Balaban J connectivity index is 1.87. The van der Waals surface area contributed by atoms with Gasteiger partial charge in [0, 0.05) is 24.7 Å². The average molecular weight is 246 g/mol. The van der Waals surface area contributed by atoms with Crippen LogP contribution in [0, 0.1) is 0 Å². The van der Waals surface area contributed by atoms with Gasteiger partial charge in [-0.3, -0.25) is 4.90 Å². The third-order valence-corrected chi connectivity index (χ3v) is 4.30. The van der Waals surface area contributed by atoms with Crippen molar-refractivity contribution >= 4 is 0 Å². The first-order chi connectivity index (χ1) is 8.68. The van der Waals surface area contributed by atoms with Crippen LogP contribution in [0.15, 0.2) is 30.3 Å². The smallest absolute Gasteiger partial charge is 0.0307 e. The van der Waals surface area contributed by atoms with Gasteiger partial charge in [-0.1, -0.05) is 36.8 Å². The maximum Gasteiger partial charge on any atom is 0.0307 e. The third kappa shape index (κ3) is 3.33. The largest absolute Gasteiger partial charge is 0.324 e. The summed E-state index contributed by atoms with van der Waals surface area (Å²) in [7, 11) is 0. The monoisotopic (exact) mass is 246 g/mol. The highest BCUT2D eigenvalue weighted by Crippen LogP contribution is 2.24. The van der Waals surface area contributed by atoms with Crippen molar-refractivity contribution in [3.63, 3.8) is 0 Å². The number of rotatable bonds is 4. The van der Waals surface area contributed by atoms with Crippen molar-refractivity contribution in [3.8, 4) is 0 Å². The summed E-state index contributed by atoms with van der Waals surface area (Å²) in [5.74, 6) is 0. The molecule has 0 amide bonds. The molecule has 2 heteroatoms. The van der Waals surface area contributed by atoms with E-state index in [2.05, 4.69) is 43.0 Å². The van der Waals surface area contributed by atoms with E-state index < -0.39 is 0 Å². The van der Waals surface area contributed by atoms with E-state index in [1.54, 1.807) is 0 Å². The second-order valence-corrected chi connectivity index (χ2v) is 5.67. The van der Waals surface area contributed by atoms with E-state index in [9.17, 15) is 0 Å². The predicted molar refractivity (Wildman–Crippen MR) is 77.5 cm³/mol. The van der Waals surface area contributed by atoms with E-state index in [4.69, 9.17) is 5.73 Å². The molecule has 0 spiro atoms. The van der Waals surface area contributed by atoms with E-state index in [0.29, 0.717) is 0 Å². The average Bonchev–Trinajstić information content (AvgIpc) is 2.39. The summed E-state index contributed by atoms with van der Waals surface area (Å²) in [6, 6.07) is 12.1. The van der Waals surface area contributed by atoms with Crippen molar-refractivity contribution in [2.75, 3.05) is 6.54 Å². The van der Waals surface area contributed by atoms with Gasteiger partial charge in [0.2, 0.25) is 0 Å². The second-order valence-electron chi connectivity index (χ2n) is 5.67. The molecule has 2 rings (SSSR count). The molecule has 2 nitrogen and oxygen atoms in total. The molecule has 1 aliphatic rings. The van der Waals surface area contributed by atoms with Crippen molar-refractivity contribution in [3.05, 3.63) is 35.9 Å². The van der Waals surface area contributed by atoms with Crippen molar-refractivity contribution < 1.29 is 0 Å². The molecule has 0 aliphatic carbocycles. The minimum absolute atomic E-state index is 0.174. The first kappa shape index (κ1) is 13.6. The van der Waals surface area contributed by atoms with E-state index in [-0.39, 0.29) is 6.04 Å². The summed E-state index contributed by atoms with van der Waals surface area (Å²) in [5, 5.41) is 0. The van der Waals surface area contributed by atoms with E-state index in [1.165, 1.54) is 24.8 Å². The number of piperidine rings is 1. The van der Waals surface area contributed by atoms with Crippen LogP contribution in [0.2, 0.25) is 0 Å². The quantitative estimate of drug-likeness (QED) is 0.883. The molecule has 0 bridgehead atoms. The number of nitrogens with zero attached hydrogens (tertiary/aromatic N) is 1. The normalized spacial score (nSPS) is 27.1. The van der Waals surface area contributed by atoms with Crippen LogP contribution in [-0.4, -0.2) is 23.5 Å². The molecule has 0 aromatic heterocycles. The number of hydrogen-bond acceptors (Lipinski definition) is 2. The van der Waals surface area contributed by atoms with Gasteiger partial charge in [0.05, 0.1) is 0 Å². The van der Waals surface area contributed by atoms with Crippen LogP contribution in [0.25, 0.3) is 0 Å². The SMILES string of the molecule is CC1CCCC(C)N1CCC(N)c1ccccc1. The minimum atomic E-state index is 0.174. The van der Waals surface area contributed by atoms with Gasteiger partial charge in [-0.05, 0) is 38.7 Å². The molecule has 0 radical (unpaired) electrons. The molecule has 1 heterocycles. The summed E-state index contributed by atoms with van der Waals surface area (Å²) in [6.07, 6.45) is 5.11. The molecule has 0 saturated carbocycles. The summed E-state index contributed by atoms with van der Waals surface area (Å²) in [6.45, 7) is 5.83. The fraction of sp³-hybridized carbons (Fsp3) is 0.625. The third-order valence-electron chi connectivity index (χ3n) is 4.30. The lowest BCUT2D eigenvalue weighted by Crippen LogP contribution is -2.44. The maximum atomic E-state index is 6.28. The lowest BCUT2D eigenvalue weighted by Gasteiger charge is -2.39. The Bertz CT molecular complexity index is 339. The van der Waals surface area contributed by atoms with Crippen molar-refractivity contribution in [1.29, 1.82) is 0 Å². The first-order valence-corrected chi connectivity index (χ1v) is 7.24. The molecule has 3 atom stereocenters. The molecule has 2 N–H and O–H groups in total. The zero-order valence-electron chi connectivity index (χ0n) is 11.7. The summed E-state index contributed by atoms with van der Waals surface area (Å²) < 4.78 is 0. The Morgan fingerprint density at radius 3 is 2.39 bits per heavy atom. The molecule has 1 aliphatic heterocycles. The second kappa shape index (κ2) is 6.35. The number of hydrogen-bond donors (Lipinski definition) is 1. The molecular weight excluding hydrogens is 220 g/mol. The zero-order valence-corrected chi connectivity index (χ0v) is 11.7. The molecule has 100 valence electrons. The number of nitrogens with two attached hydrogens (primary N) is 1. The zero-order chi connectivity index (χ0) is 13.0. The lowest BCUT2D eigenvalue weighted by atomic mass is 9.96. The van der Waals surface area contributed by atoms with Gasteiger partial charge < -0.3 is 5.73 Å².